The molecule has 0 saturated carbocycles. The Balaban J connectivity index is 2.16. The number of thioether (sulfide) groups is 1. The number of nitrogens with two attached hydrogens (primary N) is 1. The summed E-state index contributed by atoms with van der Waals surface area (Å²) < 4.78 is 20.2. The molecule has 0 fully saturated rings. The maximum atomic E-state index is 13.3. The number of allylic oxidation sites excluding steroid dienone is 1. The van der Waals surface area contributed by atoms with E-state index in [1.165, 1.54) is 23.9 Å². The zero-order chi connectivity index (χ0) is 14.5. The molecule has 2 N–H and O–H groups in total. The van der Waals surface area contributed by atoms with E-state index in [4.69, 9.17) is 10.5 Å². The highest BCUT2D eigenvalue weighted by atomic mass is 32.2. The molecular formula is C13H15FN4OS. The highest BCUT2D eigenvalue weighted by Gasteiger charge is 2.11. The molecule has 2 aromatic rings. The van der Waals surface area contributed by atoms with Gasteiger partial charge in [0.25, 0.3) is 0 Å². The Kier molecular flexibility index (Phi) is 4.62. The minimum Gasteiger partial charge on any atom is -0.496 e. The van der Waals surface area contributed by atoms with Crippen LogP contribution in [0.4, 0.5) is 10.3 Å². The van der Waals surface area contributed by atoms with Crippen molar-refractivity contribution in [2.45, 2.75) is 17.5 Å². The zero-order valence-corrected chi connectivity index (χ0v) is 11.9. The van der Waals surface area contributed by atoms with Crippen LogP contribution in [-0.2, 0) is 12.3 Å². The number of hydrogen-bond donors (Lipinski definition) is 1. The fourth-order valence-electron chi connectivity index (χ4n) is 1.71. The van der Waals surface area contributed by atoms with Crippen LogP contribution in [0.1, 0.15) is 5.56 Å². The maximum Gasteiger partial charge on any atom is 0.222 e. The first kappa shape index (κ1) is 14.4. The van der Waals surface area contributed by atoms with Crippen LogP contribution >= 0.6 is 11.8 Å². The lowest BCUT2D eigenvalue weighted by molar-refractivity contribution is 0.410. The average Bonchev–Trinajstić information content (AvgIpc) is 2.78. The molecule has 0 atom stereocenters. The second-order valence-electron chi connectivity index (χ2n) is 3.98. The molecule has 2 rings (SSSR count). The van der Waals surface area contributed by atoms with Crippen LogP contribution in [-0.4, -0.2) is 21.9 Å². The largest absolute Gasteiger partial charge is 0.496 e. The minimum atomic E-state index is -0.298. The standard InChI is InChI=1S/C13H15FN4OS/c1-3-6-18-12(15)16-17-13(18)20-8-9-7-10(14)4-5-11(9)19-2/h3-5,7H,1,6,8H2,2H3,(H2,15,16). The zero-order valence-electron chi connectivity index (χ0n) is 11.0. The quantitative estimate of drug-likeness (QED) is 0.655. The number of nitrogen functional groups attached to an aromatic ring is 1. The van der Waals surface area contributed by atoms with Crippen molar-refractivity contribution in [1.82, 2.24) is 14.8 Å². The van der Waals surface area contributed by atoms with Gasteiger partial charge in [-0.25, -0.2) is 4.39 Å². The van der Waals surface area contributed by atoms with Crippen molar-refractivity contribution in [2.75, 3.05) is 12.8 Å². The number of benzene rings is 1. The van der Waals surface area contributed by atoms with Gasteiger partial charge in [0.1, 0.15) is 11.6 Å². The van der Waals surface area contributed by atoms with Crippen molar-refractivity contribution in [3.05, 3.63) is 42.2 Å². The van der Waals surface area contributed by atoms with E-state index in [0.717, 1.165) is 5.56 Å². The molecule has 0 aliphatic carbocycles. The molecule has 7 heteroatoms. The third-order valence-electron chi connectivity index (χ3n) is 2.66. The predicted octanol–water partition coefficient (Wildman–Crippen LogP) is 2.49. The van der Waals surface area contributed by atoms with E-state index in [2.05, 4.69) is 16.8 Å². The van der Waals surface area contributed by atoms with E-state index in [1.807, 2.05) is 0 Å². The van der Waals surface area contributed by atoms with Gasteiger partial charge in [-0.05, 0) is 18.2 Å². The summed E-state index contributed by atoms with van der Waals surface area (Å²) in [5, 5.41) is 8.48. The summed E-state index contributed by atoms with van der Waals surface area (Å²) in [4.78, 5) is 0. The first-order valence-corrected chi connectivity index (χ1v) is 6.89. The van der Waals surface area contributed by atoms with E-state index >= 15 is 0 Å². The van der Waals surface area contributed by atoms with Crippen LogP contribution in [0.25, 0.3) is 0 Å². The second-order valence-corrected chi connectivity index (χ2v) is 4.93. The summed E-state index contributed by atoms with van der Waals surface area (Å²) in [6.45, 7) is 4.19. The summed E-state index contributed by atoms with van der Waals surface area (Å²) >= 11 is 1.41. The van der Waals surface area contributed by atoms with Gasteiger partial charge in [-0.3, -0.25) is 4.57 Å². The van der Waals surface area contributed by atoms with Crippen LogP contribution in [0.2, 0.25) is 0 Å². The summed E-state index contributed by atoms with van der Waals surface area (Å²) in [6, 6.07) is 4.42. The van der Waals surface area contributed by atoms with Gasteiger partial charge >= 0.3 is 0 Å². The van der Waals surface area contributed by atoms with Crippen molar-refractivity contribution < 1.29 is 9.13 Å². The smallest absolute Gasteiger partial charge is 0.222 e. The molecule has 0 aliphatic heterocycles. The number of ether oxygens (including phenoxy) is 1. The van der Waals surface area contributed by atoms with Crippen molar-refractivity contribution in [3.63, 3.8) is 0 Å². The number of nitrogens with zero attached hydrogens (tertiary/aromatic N) is 3. The Bertz CT molecular complexity index is 614. The summed E-state index contributed by atoms with van der Waals surface area (Å²) in [5.41, 5.74) is 6.47. The third-order valence-corrected chi connectivity index (χ3v) is 3.67. The molecule has 0 saturated heterocycles. The Hall–Kier alpha value is -2.02. The van der Waals surface area contributed by atoms with Crippen LogP contribution < -0.4 is 10.5 Å². The molecule has 0 amide bonds. The van der Waals surface area contributed by atoms with Crippen molar-refractivity contribution in [3.8, 4) is 5.75 Å². The Morgan fingerprint density at radius 2 is 2.30 bits per heavy atom. The van der Waals surface area contributed by atoms with Crippen molar-refractivity contribution in [1.29, 1.82) is 0 Å². The van der Waals surface area contributed by atoms with Crippen molar-refractivity contribution >= 4 is 17.7 Å². The molecule has 106 valence electrons. The third kappa shape index (κ3) is 3.11. The lowest BCUT2D eigenvalue weighted by Gasteiger charge is -2.08. The highest BCUT2D eigenvalue weighted by molar-refractivity contribution is 7.98. The molecule has 20 heavy (non-hydrogen) atoms. The van der Waals surface area contributed by atoms with Gasteiger partial charge in [0.05, 0.1) is 7.11 Å². The minimum absolute atomic E-state index is 0.298. The lowest BCUT2D eigenvalue weighted by Crippen LogP contribution is -2.03. The van der Waals surface area contributed by atoms with Crippen LogP contribution in [0.5, 0.6) is 5.75 Å². The van der Waals surface area contributed by atoms with Gasteiger partial charge in [0.15, 0.2) is 5.16 Å². The summed E-state index contributed by atoms with van der Waals surface area (Å²) in [7, 11) is 1.56. The topological polar surface area (TPSA) is 66.0 Å². The van der Waals surface area contributed by atoms with Crippen LogP contribution in [0, 0.1) is 5.82 Å². The molecule has 0 radical (unpaired) electrons. The molecule has 0 bridgehead atoms. The van der Waals surface area contributed by atoms with Gasteiger partial charge in [-0.15, -0.1) is 16.8 Å². The Morgan fingerprint density at radius 3 is 3.00 bits per heavy atom. The second kappa shape index (κ2) is 6.42. The summed E-state index contributed by atoms with van der Waals surface area (Å²) in [5.74, 6) is 1.18. The van der Waals surface area contributed by atoms with Crippen LogP contribution in [0.15, 0.2) is 36.0 Å². The fourth-order valence-corrected chi connectivity index (χ4v) is 2.64. The molecule has 5 nitrogen and oxygen atoms in total. The van der Waals surface area contributed by atoms with Gasteiger partial charge in [-0.2, -0.15) is 0 Å². The van der Waals surface area contributed by atoms with E-state index < -0.39 is 0 Å². The molecule has 0 unspecified atom stereocenters. The number of methoxy groups -OCH3 is 1. The summed E-state index contributed by atoms with van der Waals surface area (Å²) in [6.07, 6.45) is 1.71. The number of anilines is 1. The lowest BCUT2D eigenvalue weighted by atomic mass is 10.2. The normalized spacial score (nSPS) is 10.5. The predicted molar refractivity (Wildman–Crippen MR) is 77.1 cm³/mol. The molecule has 1 heterocycles. The maximum absolute atomic E-state index is 13.3. The highest BCUT2D eigenvalue weighted by Crippen LogP contribution is 2.28. The van der Waals surface area contributed by atoms with Gasteiger partial charge in [-0.1, -0.05) is 17.8 Å². The SMILES string of the molecule is C=CCn1c(N)nnc1SCc1cc(F)ccc1OC. The molecule has 0 spiro atoms. The fraction of sp³-hybridized carbons (Fsp3) is 0.231. The first-order chi connectivity index (χ1) is 9.65. The molecule has 0 aliphatic rings. The number of hydrogen-bond acceptors (Lipinski definition) is 5. The first-order valence-electron chi connectivity index (χ1n) is 5.90. The number of aromatic nitrogens is 3. The van der Waals surface area contributed by atoms with Gasteiger partial charge in [0.2, 0.25) is 5.95 Å². The van der Waals surface area contributed by atoms with E-state index in [0.29, 0.717) is 29.2 Å². The molecule has 1 aromatic heterocycles. The average molecular weight is 294 g/mol. The van der Waals surface area contributed by atoms with E-state index in [1.54, 1.807) is 23.8 Å². The molecule has 1 aromatic carbocycles. The van der Waals surface area contributed by atoms with Gasteiger partial charge < -0.3 is 10.5 Å². The van der Waals surface area contributed by atoms with E-state index in [-0.39, 0.29) is 5.82 Å². The monoisotopic (exact) mass is 294 g/mol. The van der Waals surface area contributed by atoms with Crippen molar-refractivity contribution in [2.24, 2.45) is 0 Å². The van der Waals surface area contributed by atoms with E-state index in [9.17, 15) is 4.39 Å². The molecular weight excluding hydrogens is 279 g/mol. The van der Waals surface area contributed by atoms with Crippen LogP contribution in [0.3, 0.4) is 0 Å². The Morgan fingerprint density at radius 1 is 1.50 bits per heavy atom. The Labute approximate surface area is 120 Å². The number of rotatable bonds is 6. The van der Waals surface area contributed by atoms with Gasteiger partial charge in [0, 0.05) is 17.9 Å². The number of halogens is 1.